The van der Waals surface area contributed by atoms with Crippen molar-refractivity contribution in [1.29, 1.82) is 0 Å². The van der Waals surface area contributed by atoms with Gasteiger partial charge in [0.2, 0.25) is 0 Å². The molecule has 5 nitrogen and oxygen atoms in total. The van der Waals surface area contributed by atoms with Gasteiger partial charge in [0.25, 0.3) is 5.91 Å². The van der Waals surface area contributed by atoms with Crippen molar-refractivity contribution in [3.63, 3.8) is 0 Å². The Morgan fingerprint density at radius 3 is 2.85 bits per heavy atom. The van der Waals surface area contributed by atoms with Crippen molar-refractivity contribution < 1.29 is 9.90 Å². The van der Waals surface area contributed by atoms with Gasteiger partial charge in [-0.05, 0) is 67.1 Å². The molecule has 3 rings (SSSR count). The lowest BCUT2D eigenvalue weighted by molar-refractivity contribution is 0.0732. The molecule has 1 aliphatic heterocycles. The first kappa shape index (κ1) is 18.5. The maximum Gasteiger partial charge on any atom is 0.254 e. The Balaban J connectivity index is 1.77. The third kappa shape index (κ3) is 4.90. The number of piperidine rings is 1. The van der Waals surface area contributed by atoms with Crippen LogP contribution in [0.15, 0.2) is 48.8 Å². The zero-order valence-corrected chi connectivity index (χ0v) is 15.1. The molecule has 1 fully saturated rings. The van der Waals surface area contributed by atoms with Crippen molar-refractivity contribution in [3.05, 3.63) is 65.5 Å². The molecule has 1 atom stereocenters. The number of nitrogens with zero attached hydrogens (tertiary/aromatic N) is 2. The Labute approximate surface area is 155 Å². The Bertz CT molecular complexity index is 699. The van der Waals surface area contributed by atoms with E-state index >= 15 is 0 Å². The monoisotopic (exact) mass is 353 g/mol. The molecule has 1 amide bonds. The number of hydrogen-bond donors (Lipinski definition) is 2. The van der Waals surface area contributed by atoms with E-state index in [1.54, 1.807) is 12.4 Å². The highest BCUT2D eigenvalue weighted by Crippen LogP contribution is 2.24. The second-order valence-electron chi connectivity index (χ2n) is 6.83. The number of amides is 1. The molecule has 1 unspecified atom stereocenters. The molecule has 1 aromatic carbocycles. The van der Waals surface area contributed by atoms with Crippen LogP contribution in [0.25, 0.3) is 0 Å². The van der Waals surface area contributed by atoms with Crippen LogP contribution in [0.2, 0.25) is 0 Å². The molecule has 1 aromatic heterocycles. The van der Waals surface area contributed by atoms with Crippen LogP contribution < -0.4 is 5.32 Å². The van der Waals surface area contributed by atoms with Crippen molar-refractivity contribution in [2.75, 3.05) is 26.2 Å². The van der Waals surface area contributed by atoms with Gasteiger partial charge in [0.1, 0.15) is 0 Å². The maximum atomic E-state index is 13.1. The topological polar surface area (TPSA) is 65.5 Å². The molecule has 1 saturated heterocycles. The average molecular weight is 353 g/mol. The number of hydrogen-bond acceptors (Lipinski definition) is 4. The van der Waals surface area contributed by atoms with Gasteiger partial charge in [0.15, 0.2) is 0 Å². The van der Waals surface area contributed by atoms with Gasteiger partial charge in [-0.2, -0.15) is 0 Å². The summed E-state index contributed by atoms with van der Waals surface area (Å²) in [6, 6.07) is 11.9. The molecular formula is C21H27N3O2. The quantitative estimate of drug-likeness (QED) is 0.803. The van der Waals surface area contributed by atoms with Crippen molar-refractivity contribution >= 4 is 5.91 Å². The number of aliphatic hydroxyl groups excluding tert-OH is 1. The minimum Gasteiger partial charge on any atom is -0.396 e. The first-order valence-corrected chi connectivity index (χ1v) is 9.37. The van der Waals surface area contributed by atoms with E-state index in [4.69, 9.17) is 0 Å². The van der Waals surface area contributed by atoms with E-state index in [-0.39, 0.29) is 12.5 Å². The molecule has 0 radical (unpaired) electrons. The average Bonchev–Trinajstić information content (AvgIpc) is 2.72. The number of nitrogens with one attached hydrogen (secondary N) is 1. The summed E-state index contributed by atoms with van der Waals surface area (Å²) >= 11 is 0. The second kappa shape index (κ2) is 9.46. The summed E-state index contributed by atoms with van der Waals surface area (Å²) in [6.45, 7) is 3.19. The van der Waals surface area contributed by atoms with Gasteiger partial charge in [0, 0.05) is 44.2 Å². The molecule has 2 heterocycles. The highest BCUT2D eigenvalue weighted by Gasteiger charge is 2.19. The largest absolute Gasteiger partial charge is 0.396 e. The second-order valence-corrected chi connectivity index (χ2v) is 6.83. The highest BCUT2D eigenvalue weighted by atomic mass is 16.3. The van der Waals surface area contributed by atoms with Gasteiger partial charge >= 0.3 is 0 Å². The summed E-state index contributed by atoms with van der Waals surface area (Å²) in [5.74, 6) is 0.489. The minimum absolute atomic E-state index is 0.0147. The summed E-state index contributed by atoms with van der Waals surface area (Å²) in [5.41, 5.74) is 2.99. The number of aromatic nitrogens is 1. The minimum atomic E-state index is 0.0147. The van der Waals surface area contributed by atoms with E-state index in [2.05, 4.69) is 16.4 Å². The lowest BCUT2D eigenvalue weighted by Crippen LogP contribution is -2.32. The fraction of sp³-hybridized carbons (Fsp3) is 0.429. The number of aliphatic hydroxyl groups is 1. The summed E-state index contributed by atoms with van der Waals surface area (Å²) in [5, 5.41) is 12.6. The summed E-state index contributed by atoms with van der Waals surface area (Å²) < 4.78 is 0. The van der Waals surface area contributed by atoms with Crippen molar-refractivity contribution in [1.82, 2.24) is 15.2 Å². The maximum absolute atomic E-state index is 13.1. The Hall–Kier alpha value is -2.24. The molecule has 0 bridgehead atoms. The van der Waals surface area contributed by atoms with E-state index in [1.807, 2.05) is 35.2 Å². The Morgan fingerprint density at radius 1 is 1.27 bits per heavy atom. The smallest absolute Gasteiger partial charge is 0.254 e. The van der Waals surface area contributed by atoms with Crippen LogP contribution in [-0.2, 0) is 6.54 Å². The van der Waals surface area contributed by atoms with E-state index < -0.39 is 0 Å². The summed E-state index contributed by atoms with van der Waals surface area (Å²) in [6.07, 6.45) is 6.38. The fourth-order valence-corrected chi connectivity index (χ4v) is 3.47. The number of carbonyl (C=O) groups is 1. The SMILES string of the molecule is O=C(c1cccc(C2CCCNC2)c1)N(CCCO)Cc1ccncc1. The van der Waals surface area contributed by atoms with Crippen molar-refractivity contribution in [3.8, 4) is 0 Å². The summed E-state index contributed by atoms with van der Waals surface area (Å²) in [7, 11) is 0. The number of benzene rings is 1. The predicted octanol–water partition coefficient (Wildman–Crippen LogP) is 2.57. The van der Waals surface area contributed by atoms with E-state index in [0.717, 1.165) is 30.6 Å². The molecular weight excluding hydrogens is 326 g/mol. The lowest BCUT2D eigenvalue weighted by Gasteiger charge is -2.25. The van der Waals surface area contributed by atoms with Crippen molar-refractivity contribution in [2.24, 2.45) is 0 Å². The van der Waals surface area contributed by atoms with Crippen LogP contribution in [0.5, 0.6) is 0 Å². The van der Waals surface area contributed by atoms with Gasteiger partial charge in [-0.15, -0.1) is 0 Å². The zero-order valence-electron chi connectivity index (χ0n) is 15.1. The standard InChI is InChI=1S/C21H27N3O2/c25-13-3-12-24(16-17-7-10-22-11-8-17)21(26)19-5-1-4-18(14-19)20-6-2-9-23-15-20/h1,4-5,7-8,10-11,14,20,23,25H,2-3,6,9,12-13,15-16H2. The van der Waals surface area contributed by atoms with Crippen LogP contribution in [0.1, 0.15) is 46.7 Å². The van der Waals surface area contributed by atoms with Gasteiger partial charge in [-0.3, -0.25) is 9.78 Å². The fourth-order valence-electron chi connectivity index (χ4n) is 3.47. The Morgan fingerprint density at radius 2 is 2.12 bits per heavy atom. The zero-order chi connectivity index (χ0) is 18.2. The highest BCUT2D eigenvalue weighted by molar-refractivity contribution is 5.94. The summed E-state index contributed by atoms with van der Waals surface area (Å²) in [4.78, 5) is 18.9. The number of pyridine rings is 1. The van der Waals surface area contributed by atoms with Crippen LogP contribution in [0.3, 0.4) is 0 Å². The lowest BCUT2D eigenvalue weighted by atomic mass is 9.90. The molecule has 0 spiro atoms. The van der Waals surface area contributed by atoms with E-state index in [1.165, 1.54) is 12.0 Å². The molecule has 138 valence electrons. The van der Waals surface area contributed by atoms with Gasteiger partial charge in [0.05, 0.1) is 0 Å². The van der Waals surface area contributed by atoms with Gasteiger partial charge < -0.3 is 15.3 Å². The molecule has 2 N–H and O–H groups in total. The van der Waals surface area contributed by atoms with E-state index in [9.17, 15) is 9.90 Å². The normalized spacial score (nSPS) is 17.0. The molecule has 1 aliphatic rings. The molecule has 0 saturated carbocycles. The van der Waals surface area contributed by atoms with Gasteiger partial charge in [-0.25, -0.2) is 0 Å². The predicted molar refractivity (Wildman–Crippen MR) is 102 cm³/mol. The molecule has 26 heavy (non-hydrogen) atoms. The third-order valence-electron chi connectivity index (χ3n) is 4.90. The molecule has 0 aliphatic carbocycles. The molecule has 5 heteroatoms. The van der Waals surface area contributed by atoms with Crippen LogP contribution in [0.4, 0.5) is 0 Å². The Kier molecular flexibility index (Phi) is 6.75. The van der Waals surface area contributed by atoms with Crippen molar-refractivity contribution in [2.45, 2.75) is 31.7 Å². The van der Waals surface area contributed by atoms with Crippen LogP contribution >= 0.6 is 0 Å². The first-order chi connectivity index (χ1) is 12.8. The number of carbonyl (C=O) groups excluding carboxylic acids is 1. The third-order valence-corrected chi connectivity index (χ3v) is 4.90. The van der Waals surface area contributed by atoms with Crippen LogP contribution in [0, 0.1) is 0 Å². The van der Waals surface area contributed by atoms with Gasteiger partial charge in [-0.1, -0.05) is 12.1 Å². The van der Waals surface area contributed by atoms with Crippen LogP contribution in [-0.4, -0.2) is 47.1 Å². The van der Waals surface area contributed by atoms with E-state index in [0.29, 0.717) is 25.4 Å². The first-order valence-electron chi connectivity index (χ1n) is 9.37. The molecule has 2 aromatic rings. The number of rotatable bonds is 7.